The Kier molecular flexibility index (Phi) is 3.94. The first-order valence-corrected chi connectivity index (χ1v) is 6.96. The van der Waals surface area contributed by atoms with Crippen molar-refractivity contribution in [1.29, 1.82) is 0 Å². The van der Waals surface area contributed by atoms with E-state index in [2.05, 4.69) is 5.16 Å². The Labute approximate surface area is 132 Å². The van der Waals surface area contributed by atoms with Crippen molar-refractivity contribution in [1.82, 2.24) is 0 Å². The van der Waals surface area contributed by atoms with Crippen LogP contribution in [0.2, 0.25) is 5.02 Å². The zero-order valence-corrected chi connectivity index (χ0v) is 12.5. The molecular formula is C17H12ClNO3. The van der Waals surface area contributed by atoms with Gasteiger partial charge in [-0.15, -0.1) is 0 Å². The van der Waals surface area contributed by atoms with Gasteiger partial charge in [-0.05, 0) is 35.9 Å². The number of nitrogens with zero attached hydrogens (tertiary/aromatic N) is 1. The normalized spacial score (nSPS) is 15.6. The molecule has 0 unspecified atom stereocenters. The zero-order chi connectivity index (χ0) is 15.5. The molecule has 0 atom stereocenters. The van der Waals surface area contributed by atoms with E-state index in [-0.39, 0.29) is 0 Å². The highest BCUT2D eigenvalue weighted by atomic mass is 35.5. The van der Waals surface area contributed by atoms with E-state index in [1.54, 1.807) is 37.5 Å². The van der Waals surface area contributed by atoms with Crippen LogP contribution in [0.4, 0.5) is 0 Å². The maximum Gasteiger partial charge on any atom is 0.368 e. The third-order valence-corrected chi connectivity index (χ3v) is 3.49. The number of carbonyl (C=O) groups is 1. The van der Waals surface area contributed by atoms with Gasteiger partial charge >= 0.3 is 5.97 Å². The third kappa shape index (κ3) is 2.87. The van der Waals surface area contributed by atoms with E-state index in [0.717, 1.165) is 16.9 Å². The number of hydrogen-bond donors (Lipinski definition) is 0. The van der Waals surface area contributed by atoms with Crippen LogP contribution in [-0.4, -0.2) is 18.8 Å². The molecule has 0 saturated heterocycles. The Morgan fingerprint density at radius 1 is 1.09 bits per heavy atom. The van der Waals surface area contributed by atoms with Crippen LogP contribution in [0.1, 0.15) is 11.1 Å². The SMILES string of the molecule is COc1ccc(C=C2C(=O)ON=C2c2ccc(Cl)cc2)cc1. The molecule has 2 aromatic carbocycles. The van der Waals surface area contributed by atoms with Crippen LogP contribution in [0.25, 0.3) is 6.08 Å². The van der Waals surface area contributed by atoms with Crippen LogP contribution in [-0.2, 0) is 9.63 Å². The summed E-state index contributed by atoms with van der Waals surface area (Å²) in [6.07, 6.45) is 1.74. The standard InChI is InChI=1S/C17H12ClNO3/c1-21-14-8-2-11(3-9-14)10-15-16(19-22-17(15)20)12-4-6-13(18)7-5-12/h2-10H,1H3. The van der Waals surface area contributed by atoms with Gasteiger partial charge in [0.15, 0.2) is 0 Å². The zero-order valence-electron chi connectivity index (χ0n) is 11.7. The molecule has 22 heavy (non-hydrogen) atoms. The van der Waals surface area contributed by atoms with Gasteiger partial charge in [0.1, 0.15) is 11.5 Å². The minimum atomic E-state index is -0.472. The molecule has 110 valence electrons. The maximum absolute atomic E-state index is 11.9. The highest BCUT2D eigenvalue weighted by molar-refractivity contribution is 6.32. The van der Waals surface area contributed by atoms with Gasteiger partial charge in [-0.1, -0.05) is 41.0 Å². The van der Waals surface area contributed by atoms with E-state index in [4.69, 9.17) is 21.2 Å². The van der Waals surface area contributed by atoms with Gasteiger partial charge in [0, 0.05) is 10.6 Å². The molecule has 0 spiro atoms. The van der Waals surface area contributed by atoms with Gasteiger partial charge in [0.05, 0.1) is 12.7 Å². The first-order valence-electron chi connectivity index (χ1n) is 6.59. The van der Waals surface area contributed by atoms with E-state index in [1.807, 2.05) is 24.3 Å². The Hall–Kier alpha value is -2.59. The summed E-state index contributed by atoms with van der Waals surface area (Å²) in [5, 5.41) is 4.48. The van der Waals surface area contributed by atoms with Gasteiger partial charge in [-0.25, -0.2) is 4.79 Å². The molecule has 0 bridgehead atoms. The Bertz CT molecular complexity index is 761. The van der Waals surface area contributed by atoms with Crippen LogP contribution >= 0.6 is 11.6 Å². The lowest BCUT2D eigenvalue weighted by atomic mass is 10.0. The summed E-state index contributed by atoms with van der Waals surface area (Å²) in [4.78, 5) is 16.7. The summed E-state index contributed by atoms with van der Waals surface area (Å²) >= 11 is 5.88. The van der Waals surface area contributed by atoms with Crippen molar-refractivity contribution in [2.24, 2.45) is 5.16 Å². The number of halogens is 1. The third-order valence-electron chi connectivity index (χ3n) is 3.24. The summed E-state index contributed by atoms with van der Waals surface area (Å²) < 4.78 is 5.11. The second-order valence-corrected chi connectivity index (χ2v) is 5.09. The molecule has 2 aromatic rings. The number of benzene rings is 2. The van der Waals surface area contributed by atoms with Crippen LogP contribution < -0.4 is 4.74 Å². The fourth-order valence-electron chi connectivity index (χ4n) is 2.09. The summed E-state index contributed by atoms with van der Waals surface area (Å²) in [7, 11) is 1.60. The van der Waals surface area contributed by atoms with Crippen LogP contribution in [0.3, 0.4) is 0 Å². The molecule has 0 radical (unpaired) electrons. The molecule has 1 aliphatic rings. The average Bonchev–Trinajstić information content (AvgIpc) is 2.90. The molecule has 0 aromatic heterocycles. The lowest BCUT2D eigenvalue weighted by Crippen LogP contribution is -2.06. The van der Waals surface area contributed by atoms with Crippen LogP contribution in [0, 0.1) is 0 Å². The van der Waals surface area contributed by atoms with Crippen molar-refractivity contribution in [2.75, 3.05) is 7.11 Å². The molecule has 0 fully saturated rings. The number of oxime groups is 1. The van der Waals surface area contributed by atoms with Crippen molar-refractivity contribution in [3.63, 3.8) is 0 Å². The molecule has 0 saturated carbocycles. The largest absolute Gasteiger partial charge is 0.497 e. The smallest absolute Gasteiger partial charge is 0.368 e. The van der Waals surface area contributed by atoms with Gasteiger partial charge in [-0.3, -0.25) is 0 Å². The number of ether oxygens (including phenoxy) is 1. The highest BCUT2D eigenvalue weighted by Crippen LogP contribution is 2.22. The second kappa shape index (κ2) is 6.03. The Balaban J connectivity index is 1.95. The average molecular weight is 314 g/mol. The number of carbonyl (C=O) groups excluding carboxylic acids is 1. The minimum Gasteiger partial charge on any atom is -0.497 e. The topological polar surface area (TPSA) is 47.9 Å². The monoisotopic (exact) mass is 313 g/mol. The van der Waals surface area contributed by atoms with Crippen molar-refractivity contribution < 1.29 is 14.4 Å². The molecule has 4 nitrogen and oxygen atoms in total. The number of methoxy groups -OCH3 is 1. The lowest BCUT2D eigenvalue weighted by Gasteiger charge is -2.02. The molecular weight excluding hydrogens is 302 g/mol. The fraction of sp³-hybridized carbons (Fsp3) is 0.0588. The van der Waals surface area contributed by atoms with E-state index in [9.17, 15) is 4.79 Å². The Morgan fingerprint density at radius 3 is 2.41 bits per heavy atom. The molecule has 0 aliphatic carbocycles. The fourth-order valence-corrected chi connectivity index (χ4v) is 2.22. The second-order valence-electron chi connectivity index (χ2n) is 4.66. The van der Waals surface area contributed by atoms with Gasteiger partial charge in [0.2, 0.25) is 0 Å². The van der Waals surface area contributed by atoms with E-state index < -0.39 is 5.97 Å². The summed E-state index contributed by atoms with van der Waals surface area (Å²) in [5.41, 5.74) is 2.54. The van der Waals surface area contributed by atoms with E-state index in [1.165, 1.54) is 0 Å². The summed E-state index contributed by atoms with van der Waals surface area (Å²) in [5.74, 6) is 0.281. The maximum atomic E-state index is 11.9. The predicted octanol–water partition coefficient (Wildman–Crippen LogP) is 3.69. The molecule has 0 N–H and O–H groups in total. The van der Waals surface area contributed by atoms with Gasteiger partial charge in [0.25, 0.3) is 0 Å². The predicted molar refractivity (Wildman–Crippen MR) is 85.1 cm³/mol. The van der Waals surface area contributed by atoms with E-state index in [0.29, 0.717) is 16.3 Å². The number of hydrogen-bond acceptors (Lipinski definition) is 4. The van der Waals surface area contributed by atoms with Gasteiger partial charge < -0.3 is 9.57 Å². The molecule has 1 aliphatic heterocycles. The molecule has 5 heteroatoms. The first kappa shape index (κ1) is 14.4. The van der Waals surface area contributed by atoms with Crippen molar-refractivity contribution in [3.8, 4) is 5.75 Å². The summed E-state index contributed by atoms with van der Waals surface area (Å²) in [6, 6.07) is 14.4. The molecule has 1 heterocycles. The van der Waals surface area contributed by atoms with Crippen LogP contribution in [0.15, 0.2) is 59.3 Å². The minimum absolute atomic E-state index is 0.410. The highest BCUT2D eigenvalue weighted by Gasteiger charge is 2.26. The lowest BCUT2D eigenvalue weighted by molar-refractivity contribution is -0.136. The summed E-state index contributed by atoms with van der Waals surface area (Å²) in [6.45, 7) is 0. The molecule has 3 rings (SSSR count). The van der Waals surface area contributed by atoms with Crippen molar-refractivity contribution in [2.45, 2.75) is 0 Å². The quantitative estimate of drug-likeness (QED) is 0.641. The van der Waals surface area contributed by atoms with Crippen molar-refractivity contribution >= 4 is 29.4 Å². The van der Waals surface area contributed by atoms with E-state index >= 15 is 0 Å². The molecule has 0 amide bonds. The van der Waals surface area contributed by atoms with Crippen LogP contribution in [0.5, 0.6) is 5.75 Å². The Morgan fingerprint density at radius 2 is 1.77 bits per heavy atom. The van der Waals surface area contributed by atoms with Gasteiger partial charge in [-0.2, -0.15) is 0 Å². The van der Waals surface area contributed by atoms with Crippen molar-refractivity contribution in [3.05, 3.63) is 70.3 Å². The number of rotatable bonds is 3. The first-order chi connectivity index (χ1) is 10.7.